The highest BCUT2D eigenvalue weighted by molar-refractivity contribution is 5.47. The van der Waals surface area contributed by atoms with E-state index < -0.39 is 5.60 Å². The van der Waals surface area contributed by atoms with Gasteiger partial charge in [0, 0.05) is 19.2 Å². The smallest absolute Gasteiger partial charge is 0.131 e. The Kier molecular flexibility index (Phi) is 4.01. The summed E-state index contributed by atoms with van der Waals surface area (Å²) in [5, 5.41) is 16.5. The minimum Gasteiger partial charge on any atom is -0.388 e. The van der Waals surface area contributed by atoms with E-state index in [0.717, 1.165) is 49.7 Å². The normalized spacial score (nSPS) is 17.1. The van der Waals surface area contributed by atoms with Crippen molar-refractivity contribution in [2.45, 2.75) is 45.1 Å². The van der Waals surface area contributed by atoms with Crippen molar-refractivity contribution in [2.75, 3.05) is 23.7 Å². The molecule has 0 saturated heterocycles. The Morgan fingerprint density at radius 3 is 2.50 bits per heavy atom. The molecule has 1 fully saturated rings. The van der Waals surface area contributed by atoms with Gasteiger partial charge in [-0.1, -0.05) is 6.92 Å². The minimum absolute atomic E-state index is 0.532. The average Bonchev–Trinajstić information content (AvgIpc) is 2.31. The highest BCUT2D eigenvalue weighted by Gasteiger charge is 2.34. The first kappa shape index (κ1) is 13.1. The van der Waals surface area contributed by atoms with E-state index in [4.69, 9.17) is 0 Å². The number of hydrogen-bond acceptors (Lipinski definition) is 5. The van der Waals surface area contributed by atoms with E-state index in [9.17, 15) is 5.11 Å². The summed E-state index contributed by atoms with van der Waals surface area (Å²) < 4.78 is 0. The molecule has 0 spiro atoms. The molecule has 0 aliphatic heterocycles. The average molecular weight is 250 g/mol. The van der Waals surface area contributed by atoms with Crippen molar-refractivity contribution in [3.8, 4) is 0 Å². The summed E-state index contributed by atoms with van der Waals surface area (Å²) in [5.74, 6) is 2.35. The molecular weight excluding hydrogens is 228 g/mol. The zero-order valence-electron chi connectivity index (χ0n) is 11.2. The van der Waals surface area contributed by atoms with Crippen molar-refractivity contribution in [3.63, 3.8) is 0 Å². The summed E-state index contributed by atoms with van der Waals surface area (Å²) >= 11 is 0. The van der Waals surface area contributed by atoms with Gasteiger partial charge in [-0.3, -0.25) is 0 Å². The van der Waals surface area contributed by atoms with Gasteiger partial charge in [-0.2, -0.15) is 0 Å². The largest absolute Gasteiger partial charge is 0.388 e. The lowest BCUT2D eigenvalue weighted by molar-refractivity contribution is -0.0202. The topological polar surface area (TPSA) is 70.1 Å². The molecule has 0 amide bonds. The number of aromatic nitrogens is 2. The fourth-order valence-corrected chi connectivity index (χ4v) is 2.02. The van der Waals surface area contributed by atoms with Crippen LogP contribution in [0, 0.1) is 6.92 Å². The summed E-state index contributed by atoms with van der Waals surface area (Å²) in [6.45, 7) is 5.46. The van der Waals surface area contributed by atoms with Crippen LogP contribution in [0.5, 0.6) is 0 Å². The third kappa shape index (κ3) is 3.32. The molecule has 1 aliphatic carbocycles. The Morgan fingerprint density at radius 2 is 1.94 bits per heavy atom. The van der Waals surface area contributed by atoms with Crippen LogP contribution in [-0.4, -0.2) is 33.8 Å². The van der Waals surface area contributed by atoms with E-state index in [2.05, 4.69) is 27.5 Å². The molecule has 0 radical (unpaired) electrons. The van der Waals surface area contributed by atoms with Crippen molar-refractivity contribution in [1.29, 1.82) is 0 Å². The molecule has 5 heteroatoms. The molecule has 0 unspecified atom stereocenters. The predicted molar refractivity (Wildman–Crippen MR) is 72.8 cm³/mol. The summed E-state index contributed by atoms with van der Waals surface area (Å²) in [6, 6.07) is 1.89. The second-order valence-corrected chi connectivity index (χ2v) is 5.04. The van der Waals surface area contributed by atoms with Gasteiger partial charge >= 0.3 is 0 Å². The zero-order chi connectivity index (χ0) is 13.0. The van der Waals surface area contributed by atoms with Gasteiger partial charge in [-0.05, 0) is 32.6 Å². The van der Waals surface area contributed by atoms with Gasteiger partial charge < -0.3 is 15.7 Å². The fraction of sp³-hybridized carbons (Fsp3) is 0.692. The van der Waals surface area contributed by atoms with E-state index in [1.165, 1.54) is 0 Å². The highest BCUT2D eigenvalue weighted by atomic mass is 16.3. The van der Waals surface area contributed by atoms with Crippen molar-refractivity contribution in [1.82, 2.24) is 9.97 Å². The van der Waals surface area contributed by atoms with Gasteiger partial charge in [0.25, 0.3) is 0 Å². The molecule has 0 aromatic carbocycles. The number of anilines is 2. The molecule has 1 aromatic heterocycles. The third-order valence-electron chi connectivity index (χ3n) is 3.28. The summed E-state index contributed by atoms with van der Waals surface area (Å²) in [5.41, 5.74) is -0.532. The Morgan fingerprint density at radius 1 is 1.28 bits per heavy atom. The first-order chi connectivity index (χ1) is 8.61. The van der Waals surface area contributed by atoms with E-state index >= 15 is 0 Å². The standard InChI is InChI=1S/C13H22N4O/c1-3-7-14-11-8-12(17-10(2)16-11)15-9-13(18)5-4-6-13/h8,18H,3-7,9H2,1-2H3,(H2,14,15,16,17). The van der Waals surface area contributed by atoms with Crippen LogP contribution < -0.4 is 10.6 Å². The molecule has 100 valence electrons. The second kappa shape index (κ2) is 5.52. The Bertz CT molecular complexity index is 404. The van der Waals surface area contributed by atoms with E-state index in [1.54, 1.807) is 0 Å². The molecule has 1 aromatic rings. The SMILES string of the molecule is CCCNc1cc(NCC2(O)CCC2)nc(C)n1. The Balaban J connectivity index is 1.96. The van der Waals surface area contributed by atoms with Gasteiger partial charge in [0.1, 0.15) is 17.5 Å². The number of aryl methyl sites for hydroxylation is 1. The second-order valence-electron chi connectivity index (χ2n) is 5.04. The van der Waals surface area contributed by atoms with Crippen LogP contribution in [0.3, 0.4) is 0 Å². The van der Waals surface area contributed by atoms with Crippen LogP contribution in [0.25, 0.3) is 0 Å². The van der Waals surface area contributed by atoms with Crippen molar-refractivity contribution < 1.29 is 5.11 Å². The Hall–Kier alpha value is -1.36. The van der Waals surface area contributed by atoms with Crippen LogP contribution in [0.4, 0.5) is 11.6 Å². The molecule has 1 heterocycles. The van der Waals surface area contributed by atoms with Crippen LogP contribution in [0.2, 0.25) is 0 Å². The monoisotopic (exact) mass is 250 g/mol. The van der Waals surface area contributed by atoms with Gasteiger partial charge in [0.2, 0.25) is 0 Å². The van der Waals surface area contributed by atoms with Crippen LogP contribution in [0.1, 0.15) is 38.4 Å². The quantitative estimate of drug-likeness (QED) is 0.719. The number of rotatable bonds is 6. The lowest BCUT2D eigenvalue weighted by Crippen LogP contribution is -2.43. The maximum atomic E-state index is 10.0. The molecule has 1 aliphatic rings. The number of hydrogen-bond donors (Lipinski definition) is 3. The Labute approximate surface area is 108 Å². The summed E-state index contributed by atoms with van der Waals surface area (Å²) in [7, 11) is 0. The molecule has 1 saturated carbocycles. The molecule has 0 bridgehead atoms. The van der Waals surface area contributed by atoms with Gasteiger partial charge in [-0.25, -0.2) is 9.97 Å². The summed E-state index contributed by atoms with van der Waals surface area (Å²) in [6.07, 6.45) is 3.94. The van der Waals surface area contributed by atoms with Crippen molar-refractivity contribution in [2.24, 2.45) is 0 Å². The number of aliphatic hydroxyl groups is 1. The maximum Gasteiger partial charge on any atom is 0.131 e. The van der Waals surface area contributed by atoms with Gasteiger partial charge in [-0.15, -0.1) is 0 Å². The molecule has 5 nitrogen and oxygen atoms in total. The predicted octanol–water partition coefficient (Wildman–Crippen LogP) is 1.93. The van der Waals surface area contributed by atoms with E-state index in [1.807, 2.05) is 13.0 Å². The molecule has 0 atom stereocenters. The van der Waals surface area contributed by atoms with Crippen molar-refractivity contribution >= 4 is 11.6 Å². The number of nitrogens with zero attached hydrogens (tertiary/aromatic N) is 2. The van der Waals surface area contributed by atoms with E-state index in [-0.39, 0.29) is 0 Å². The van der Waals surface area contributed by atoms with Crippen LogP contribution in [-0.2, 0) is 0 Å². The van der Waals surface area contributed by atoms with E-state index in [0.29, 0.717) is 6.54 Å². The lowest BCUT2D eigenvalue weighted by Gasteiger charge is -2.36. The molecule has 18 heavy (non-hydrogen) atoms. The molecule has 2 rings (SSSR count). The van der Waals surface area contributed by atoms with Gasteiger partial charge in [0.15, 0.2) is 0 Å². The third-order valence-corrected chi connectivity index (χ3v) is 3.28. The van der Waals surface area contributed by atoms with Crippen molar-refractivity contribution in [3.05, 3.63) is 11.9 Å². The fourth-order valence-electron chi connectivity index (χ4n) is 2.02. The van der Waals surface area contributed by atoms with Crippen LogP contribution in [0.15, 0.2) is 6.07 Å². The molecular formula is C13H22N4O. The zero-order valence-corrected chi connectivity index (χ0v) is 11.2. The summed E-state index contributed by atoms with van der Waals surface area (Å²) in [4.78, 5) is 8.66. The first-order valence-electron chi connectivity index (χ1n) is 6.67. The first-order valence-corrected chi connectivity index (χ1v) is 6.67. The molecule has 3 N–H and O–H groups in total. The van der Waals surface area contributed by atoms with Crippen LogP contribution >= 0.6 is 0 Å². The highest BCUT2D eigenvalue weighted by Crippen LogP contribution is 2.31. The number of nitrogens with one attached hydrogen (secondary N) is 2. The van der Waals surface area contributed by atoms with Gasteiger partial charge in [0.05, 0.1) is 5.60 Å². The minimum atomic E-state index is -0.532. The maximum absolute atomic E-state index is 10.0. The lowest BCUT2D eigenvalue weighted by atomic mass is 9.80.